The Kier molecular flexibility index (Phi) is 4.01. The van der Waals surface area contributed by atoms with E-state index in [2.05, 4.69) is 5.43 Å². The first-order chi connectivity index (χ1) is 10.7. The SMILES string of the molecule is O=C1CC(c2ccccc2)N(C(=O)C=Cc2ccccc2)N1. The zero-order valence-corrected chi connectivity index (χ0v) is 12.0. The molecule has 4 nitrogen and oxygen atoms in total. The summed E-state index contributed by atoms with van der Waals surface area (Å²) in [6.07, 6.45) is 3.51. The Bertz CT molecular complexity index is 696. The van der Waals surface area contributed by atoms with Gasteiger partial charge in [0.2, 0.25) is 5.91 Å². The molecule has 0 radical (unpaired) electrons. The minimum absolute atomic E-state index is 0.143. The van der Waals surface area contributed by atoms with Gasteiger partial charge in [0.05, 0.1) is 12.5 Å². The molecule has 0 aromatic heterocycles. The molecular weight excluding hydrogens is 276 g/mol. The zero-order valence-electron chi connectivity index (χ0n) is 12.0. The molecule has 1 fully saturated rings. The van der Waals surface area contributed by atoms with Crippen molar-refractivity contribution in [3.8, 4) is 0 Å². The molecule has 1 saturated heterocycles. The smallest absolute Gasteiger partial charge is 0.265 e. The summed E-state index contributed by atoms with van der Waals surface area (Å²) in [6, 6.07) is 18.9. The summed E-state index contributed by atoms with van der Waals surface area (Å²) in [5.74, 6) is -0.376. The average Bonchev–Trinajstić information content (AvgIpc) is 2.96. The molecule has 0 spiro atoms. The summed E-state index contributed by atoms with van der Waals surface area (Å²) in [5.41, 5.74) is 4.52. The third-order valence-corrected chi connectivity index (χ3v) is 3.58. The average molecular weight is 292 g/mol. The number of nitrogens with one attached hydrogen (secondary N) is 1. The second-order valence-electron chi connectivity index (χ2n) is 5.12. The number of amides is 2. The van der Waals surface area contributed by atoms with Crippen molar-refractivity contribution >= 4 is 17.9 Å². The Hall–Kier alpha value is -2.88. The molecule has 2 aromatic carbocycles. The van der Waals surface area contributed by atoms with Gasteiger partial charge >= 0.3 is 0 Å². The van der Waals surface area contributed by atoms with Crippen molar-refractivity contribution in [1.29, 1.82) is 0 Å². The fourth-order valence-corrected chi connectivity index (χ4v) is 2.49. The number of carbonyl (C=O) groups is 2. The van der Waals surface area contributed by atoms with Gasteiger partial charge in [-0.25, -0.2) is 5.01 Å². The first-order valence-electron chi connectivity index (χ1n) is 7.15. The first kappa shape index (κ1) is 14.1. The third kappa shape index (κ3) is 3.06. The van der Waals surface area contributed by atoms with E-state index in [4.69, 9.17) is 0 Å². The summed E-state index contributed by atoms with van der Waals surface area (Å²) >= 11 is 0. The van der Waals surface area contributed by atoms with Crippen LogP contribution >= 0.6 is 0 Å². The number of hydrazine groups is 1. The highest BCUT2D eigenvalue weighted by Crippen LogP contribution is 2.27. The van der Waals surface area contributed by atoms with Crippen LogP contribution in [0.1, 0.15) is 23.6 Å². The maximum atomic E-state index is 12.4. The fraction of sp³-hybridized carbons (Fsp3) is 0.111. The van der Waals surface area contributed by atoms with E-state index in [0.717, 1.165) is 11.1 Å². The van der Waals surface area contributed by atoms with Crippen LogP contribution < -0.4 is 5.43 Å². The zero-order chi connectivity index (χ0) is 15.4. The highest BCUT2D eigenvalue weighted by molar-refractivity contribution is 5.95. The van der Waals surface area contributed by atoms with E-state index in [1.165, 1.54) is 11.1 Å². The molecule has 1 aliphatic heterocycles. The van der Waals surface area contributed by atoms with Crippen molar-refractivity contribution in [3.05, 3.63) is 77.9 Å². The van der Waals surface area contributed by atoms with E-state index in [0.29, 0.717) is 0 Å². The lowest BCUT2D eigenvalue weighted by Gasteiger charge is -2.22. The van der Waals surface area contributed by atoms with Crippen LogP contribution in [0.2, 0.25) is 0 Å². The Morgan fingerprint density at radius 2 is 1.68 bits per heavy atom. The molecule has 4 heteroatoms. The number of nitrogens with zero attached hydrogens (tertiary/aromatic N) is 1. The second kappa shape index (κ2) is 6.26. The van der Waals surface area contributed by atoms with Gasteiger partial charge in [0.25, 0.3) is 5.91 Å². The standard InChI is InChI=1S/C18H16N2O2/c21-17-13-16(15-9-5-2-6-10-15)20(19-17)18(22)12-11-14-7-3-1-4-8-14/h1-12,16H,13H2,(H,19,21). The summed E-state index contributed by atoms with van der Waals surface area (Å²) in [7, 11) is 0. The molecule has 1 heterocycles. The van der Waals surface area contributed by atoms with Gasteiger partial charge in [-0.2, -0.15) is 0 Å². The molecule has 0 aliphatic carbocycles. The van der Waals surface area contributed by atoms with Crippen molar-refractivity contribution in [2.75, 3.05) is 0 Å². The van der Waals surface area contributed by atoms with E-state index >= 15 is 0 Å². The molecule has 0 bridgehead atoms. The Morgan fingerprint density at radius 1 is 1.05 bits per heavy atom. The highest BCUT2D eigenvalue weighted by Gasteiger charge is 2.33. The first-order valence-corrected chi connectivity index (χ1v) is 7.15. The number of carbonyl (C=O) groups excluding carboxylic acids is 2. The van der Waals surface area contributed by atoms with Gasteiger partial charge in [0, 0.05) is 6.08 Å². The van der Waals surface area contributed by atoms with Gasteiger partial charge < -0.3 is 0 Å². The second-order valence-corrected chi connectivity index (χ2v) is 5.12. The van der Waals surface area contributed by atoms with Crippen molar-refractivity contribution in [3.63, 3.8) is 0 Å². The third-order valence-electron chi connectivity index (χ3n) is 3.58. The molecule has 1 atom stereocenters. The Labute approximate surface area is 129 Å². The van der Waals surface area contributed by atoms with Gasteiger partial charge in [-0.1, -0.05) is 60.7 Å². The predicted octanol–water partition coefficient (Wildman–Crippen LogP) is 2.70. The van der Waals surface area contributed by atoms with Crippen LogP contribution in [-0.2, 0) is 9.59 Å². The van der Waals surface area contributed by atoms with E-state index in [-0.39, 0.29) is 24.3 Å². The topological polar surface area (TPSA) is 49.4 Å². The Balaban J connectivity index is 1.78. The van der Waals surface area contributed by atoms with Crippen LogP contribution in [0.25, 0.3) is 6.08 Å². The molecular formula is C18H16N2O2. The molecule has 1 N–H and O–H groups in total. The maximum absolute atomic E-state index is 12.4. The number of benzene rings is 2. The van der Waals surface area contributed by atoms with Gasteiger partial charge in [0.15, 0.2) is 0 Å². The van der Waals surface area contributed by atoms with E-state index in [1.807, 2.05) is 60.7 Å². The van der Waals surface area contributed by atoms with E-state index in [9.17, 15) is 9.59 Å². The highest BCUT2D eigenvalue weighted by atomic mass is 16.2. The van der Waals surface area contributed by atoms with Gasteiger partial charge in [-0.15, -0.1) is 0 Å². The van der Waals surface area contributed by atoms with Crippen molar-refractivity contribution in [2.45, 2.75) is 12.5 Å². The molecule has 22 heavy (non-hydrogen) atoms. The summed E-state index contributed by atoms with van der Waals surface area (Å²) in [4.78, 5) is 24.1. The number of hydrogen-bond acceptors (Lipinski definition) is 2. The summed E-state index contributed by atoms with van der Waals surface area (Å²) in [5, 5.41) is 1.40. The van der Waals surface area contributed by atoms with Crippen LogP contribution in [0.4, 0.5) is 0 Å². The molecule has 0 saturated carbocycles. The normalized spacial score (nSPS) is 17.7. The van der Waals surface area contributed by atoms with Crippen molar-refractivity contribution in [1.82, 2.24) is 10.4 Å². The maximum Gasteiger partial charge on any atom is 0.265 e. The van der Waals surface area contributed by atoms with Gasteiger partial charge in [0.1, 0.15) is 0 Å². The molecule has 1 aliphatic rings. The van der Waals surface area contributed by atoms with E-state index in [1.54, 1.807) is 6.08 Å². The van der Waals surface area contributed by atoms with Crippen LogP contribution in [-0.4, -0.2) is 16.8 Å². The predicted molar refractivity (Wildman–Crippen MR) is 84.3 cm³/mol. The van der Waals surface area contributed by atoms with E-state index < -0.39 is 0 Å². The molecule has 2 aromatic rings. The largest absolute Gasteiger partial charge is 0.273 e. The van der Waals surface area contributed by atoms with Crippen molar-refractivity contribution in [2.24, 2.45) is 0 Å². The minimum atomic E-state index is -0.262. The summed E-state index contributed by atoms with van der Waals surface area (Å²) < 4.78 is 0. The molecule has 3 rings (SSSR count). The lowest BCUT2D eigenvalue weighted by molar-refractivity contribution is -0.133. The Morgan fingerprint density at radius 3 is 2.36 bits per heavy atom. The number of hydrogen-bond donors (Lipinski definition) is 1. The van der Waals surface area contributed by atoms with Gasteiger partial charge in [-0.05, 0) is 17.2 Å². The molecule has 1 unspecified atom stereocenters. The lowest BCUT2D eigenvalue weighted by atomic mass is 10.0. The summed E-state index contributed by atoms with van der Waals surface area (Å²) in [6.45, 7) is 0. The van der Waals surface area contributed by atoms with Crippen LogP contribution in [0.5, 0.6) is 0 Å². The monoisotopic (exact) mass is 292 g/mol. The molecule has 110 valence electrons. The number of rotatable bonds is 3. The quantitative estimate of drug-likeness (QED) is 0.884. The van der Waals surface area contributed by atoms with Gasteiger partial charge in [-0.3, -0.25) is 15.0 Å². The van der Waals surface area contributed by atoms with Crippen LogP contribution in [0.3, 0.4) is 0 Å². The molecule has 2 amide bonds. The minimum Gasteiger partial charge on any atom is -0.273 e. The lowest BCUT2D eigenvalue weighted by Crippen LogP contribution is -2.39. The van der Waals surface area contributed by atoms with Crippen LogP contribution in [0.15, 0.2) is 66.7 Å². The van der Waals surface area contributed by atoms with Crippen LogP contribution in [0, 0.1) is 0 Å². The van der Waals surface area contributed by atoms with Crippen molar-refractivity contribution < 1.29 is 9.59 Å². The fourth-order valence-electron chi connectivity index (χ4n) is 2.49.